The summed E-state index contributed by atoms with van der Waals surface area (Å²) < 4.78 is 75.4. The molecule has 1 saturated heterocycles. The second-order valence-electron chi connectivity index (χ2n) is 8.40. The van der Waals surface area contributed by atoms with Crippen molar-refractivity contribution >= 4 is 22.2 Å². The van der Waals surface area contributed by atoms with Gasteiger partial charge >= 0.3 is 27.7 Å². The Bertz CT molecular complexity index is 846. The van der Waals surface area contributed by atoms with Crippen molar-refractivity contribution in [2.24, 2.45) is 23.7 Å². The third-order valence-electron chi connectivity index (χ3n) is 5.45. The van der Waals surface area contributed by atoms with E-state index in [4.69, 9.17) is 9.47 Å². The van der Waals surface area contributed by atoms with Crippen molar-refractivity contribution in [2.45, 2.75) is 44.3 Å². The standard InChI is InChI=1S/C17H22F3NO7S/c1-16(2,3)27-15(23)21-7-10-8-5-9(12(10)13(21)14(22)26-4)11(6-8)28-29(24,25)17(18,19)20/h6,8-10,12-13H,5,7H2,1-4H3/t8-,9+,10+,12-,13-/m0/s1. The van der Waals surface area contributed by atoms with Crippen LogP contribution in [0.2, 0.25) is 0 Å². The topological polar surface area (TPSA) is 99.2 Å². The molecule has 0 aromatic heterocycles. The number of alkyl halides is 3. The lowest BCUT2D eigenvalue weighted by atomic mass is 9.81. The second-order valence-corrected chi connectivity index (χ2v) is 9.94. The number of nitrogens with zero attached hydrogens (tertiary/aromatic N) is 1. The molecule has 0 unspecified atom stereocenters. The van der Waals surface area contributed by atoms with Crippen LogP contribution in [0.4, 0.5) is 18.0 Å². The molecule has 3 rings (SSSR count). The van der Waals surface area contributed by atoms with Crippen molar-refractivity contribution in [3.63, 3.8) is 0 Å². The van der Waals surface area contributed by atoms with Gasteiger partial charge in [0.05, 0.1) is 7.11 Å². The SMILES string of the molecule is COC(=O)[C@@H]1[C@@H]2[C@H](CN1C(=O)OC(C)(C)C)[C@@H]1C=C(OS(=O)(=O)C(F)(F)F)[C@H]2C1. The zero-order chi connectivity index (χ0) is 21.9. The fourth-order valence-electron chi connectivity index (χ4n) is 4.48. The maximum atomic E-state index is 12.7. The number of methoxy groups -OCH3 is 1. The Balaban J connectivity index is 1.87. The van der Waals surface area contributed by atoms with Gasteiger partial charge in [-0.2, -0.15) is 21.6 Å². The number of carbonyl (C=O) groups excluding carboxylic acids is 2. The van der Waals surface area contributed by atoms with Crippen LogP contribution in [0.5, 0.6) is 0 Å². The number of allylic oxidation sites excluding steroid dienone is 2. The number of halogens is 3. The van der Waals surface area contributed by atoms with Crippen LogP contribution in [-0.4, -0.2) is 56.2 Å². The highest BCUT2D eigenvalue weighted by Gasteiger charge is 2.62. The van der Waals surface area contributed by atoms with Crippen molar-refractivity contribution in [3.8, 4) is 0 Å². The number of carbonyl (C=O) groups is 2. The average molecular weight is 441 g/mol. The molecule has 1 amide bonds. The van der Waals surface area contributed by atoms with Crippen LogP contribution >= 0.6 is 0 Å². The Morgan fingerprint density at radius 2 is 1.83 bits per heavy atom. The van der Waals surface area contributed by atoms with E-state index in [0.717, 1.165) is 7.11 Å². The number of hydrogen-bond acceptors (Lipinski definition) is 7. The summed E-state index contributed by atoms with van der Waals surface area (Å²) in [5, 5.41) is 0. The largest absolute Gasteiger partial charge is 0.534 e. The first-order valence-corrected chi connectivity index (χ1v) is 10.4. The van der Waals surface area contributed by atoms with Crippen molar-refractivity contribution in [1.29, 1.82) is 0 Å². The highest BCUT2D eigenvalue weighted by atomic mass is 32.2. The molecule has 8 nitrogen and oxygen atoms in total. The Morgan fingerprint density at radius 1 is 1.21 bits per heavy atom. The van der Waals surface area contributed by atoms with Crippen LogP contribution < -0.4 is 0 Å². The minimum atomic E-state index is -5.82. The predicted molar refractivity (Wildman–Crippen MR) is 91.5 cm³/mol. The summed E-state index contributed by atoms with van der Waals surface area (Å²) in [5.74, 6) is -3.01. The van der Waals surface area contributed by atoms with Gasteiger partial charge in [-0.1, -0.05) is 0 Å². The van der Waals surface area contributed by atoms with Gasteiger partial charge in [0.15, 0.2) is 0 Å². The van der Waals surface area contributed by atoms with E-state index in [-0.39, 0.29) is 24.1 Å². The third-order valence-corrected chi connectivity index (χ3v) is 6.43. The molecular weight excluding hydrogens is 419 g/mol. The molecule has 1 heterocycles. The molecule has 12 heteroatoms. The molecule has 0 aromatic rings. The number of hydrogen-bond donors (Lipinski definition) is 0. The molecule has 1 saturated carbocycles. The minimum absolute atomic E-state index is 0.149. The van der Waals surface area contributed by atoms with Gasteiger partial charge in [-0.3, -0.25) is 4.90 Å². The molecule has 0 N–H and O–H groups in total. The van der Waals surface area contributed by atoms with Gasteiger partial charge in [0.25, 0.3) is 0 Å². The van der Waals surface area contributed by atoms with Gasteiger partial charge in [-0.05, 0) is 45.1 Å². The average Bonchev–Trinajstić information content (AvgIpc) is 3.20. The predicted octanol–water partition coefficient (Wildman–Crippen LogP) is 2.41. The maximum absolute atomic E-state index is 12.7. The Morgan fingerprint density at radius 3 is 2.34 bits per heavy atom. The quantitative estimate of drug-likeness (QED) is 0.377. The van der Waals surface area contributed by atoms with E-state index < -0.39 is 51.2 Å². The lowest BCUT2D eigenvalue weighted by Crippen LogP contribution is -2.47. The summed E-state index contributed by atoms with van der Waals surface area (Å²) in [6.45, 7) is 5.13. The molecule has 0 radical (unpaired) electrons. The van der Waals surface area contributed by atoms with Gasteiger partial charge in [0.2, 0.25) is 0 Å². The summed E-state index contributed by atoms with van der Waals surface area (Å²) in [7, 11) is -4.68. The summed E-state index contributed by atoms with van der Waals surface area (Å²) in [5.41, 5.74) is -6.38. The third kappa shape index (κ3) is 3.78. The van der Waals surface area contributed by atoms with Gasteiger partial charge < -0.3 is 13.7 Å². The first kappa shape index (κ1) is 21.7. The molecule has 3 aliphatic rings. The molecule has 5 atom stereocenters. The van der Waals surface area contributed by atoms with Crippen LogP contribution in [-0.2, 0) is 28.6 Å². The maximum Gasteiger partial charge on any atom is 0.534 e. The van der Waals surface area contributed by atoms with Crippen LogP contribution in [0, 0.1) is 23.7 Å². The van der Waals surface area contributed by atoms with E-state index >= 15 is 0 Å². The normalized spacial score (nSPS) is 31.3. The number of rotatable bonds is 3. The molecule has 164 valence electrons. The lowest BCUT2D eigenvalue weighted by molar-refractivity contribution is -0.147. The number of esters is 1. The van der Waals surface area contributed by atoms with Crippen molar-refractivity contribution < 1.29 is 44.8 Å². The van der Waals surface area contributed by atoms with Gasteiger partial charge in [-0.25, -0.2) is 9.59 Å². The zero-order valence-corrected chi connectivity index (χ0v) is 17.0. The van der Waals surface area contributed by atoms with Crippen LogP contribution in [0.3, 0.4) is 0 Å². The molecule has 2 aliphatic carbocycles. The summed E-state index contributed by atoms with van der Waals surface area (Å²) in [6.07, 6.45) is 0.947. The minimum Gasteiger partial charge on any atom is -0.467 e. The zero-order valence-electron chi connectivity index (χ0n) is 16.2. The Kier molecular flexibility index (Phi) is 5.08. The molecular formula is C17H22F3NO7S. The summed E-state index contributed by atoms with van der Waals surface area (Å²) >= 11 is 0. The molecule has 2 fully saturated rings. The monoisotopic (exact) mass is 441 g/mol. The molecule has 29 heavy (non-hydrogen) atoms. The summed E-state index contributed by atoms with van der Waals surface area (Å²) in [6, 6.07) is -1.10. The van der Waals surface area contributed by atoms with Gasteiger partial charge in [-0.15, -0.1) is 0 Å². The molecule has 0 aromatic carbocycles. The number of likely N-dealkylation sites (tertiary alicyclic amines) is 1. The van der Waals surface area contributed by atoms with E-state index in [1.165, 1.54) is 11.0 Å². The smallest absolute Gasteiger partial charge is 0.467 e. The van der Waals surface area contributed by atoms with E-state index in [1.54, 1.807) is 20.8 Å². The Hall–Kier alpha value is -1.98. The van der Waals surface area contributed by atoms with Crippen LogP contribution in [0.15, 0.2) is 11.8 Å². The lowest BCUT2D eigenvalue weighted by Gasteiger charge is -2.31. The fourth-order valence-corrected chi connectivity index (χ4v) is 5.01. The van der Waals surface area contributed by atoms with Crippen molar-refractivity contribution in [2.75, 3.05) is 13.7 Å². The number of ether oxygens (including phenoxy) is 2. The second kappa shape index (κ2) is 6.78. The highest BCUT2D eigenvalue weighted by Crippen LogP contribution is 2.57. The highest BCUT2D eigenvalue weighted by molar-refractivity contribution is 7.87. The van der Waals surface area contributed by atoms with Gasteiger partial charge in [0.1, 0.15) is 17.4 Å². The van der Waals surface area contributed by atoms with Gasteiger partial charge in [0, 0.05) is 18.4 Å². The van der Waals surface area contributed by atoms with E-state index in [9.17, 15) is 31.2 Å². The number of fused-ring (bicyclic) bond motifs is 5. The van der Waals surface area contributed by atoms with Crippen molar-refractivity contribution in [1.82, 2.24) is 4.90 Å². The van der Waals surface area contributed by atoms with E-state index in [0.29, 0.717) is 6.42 Å². The molecule has 0 spiro atoms. The Labute approximate surface area is 166 Å². The first-order chi connectivity index (χ1) is 13.2. The van der Waals surface area contributed by atoms with E-state index in [2.05, 4.69) is 4.18 Å². The van der Waals surface area contributed by atoms with E-state index in [1.807, 2.05) is 0 Å². The first-order valence-electron chi connectivity index (χ1n) is 8.96. The van der Waals surface area contributed by atoms with Crippen molar-refractivity contribution in [3.05, 3.63) is 11.8 Å². The fraction of sp³-hybridized carbons (Fsp3) is 0.765. The van der Waals surface area contributed by atoms with Crippen LogP contribution in [0.1, 0.15) is 27.2 Å². The summed E-state index contributed by atoms with van der Waals surface area (Å²) in [4.78, 5) is 26.2. The molecule has 1 aliphatic heterocycles. The molecule has 2 bridgehead atoms. The number of amides is 1. The van der Waals surface area contributed by atoms with Crippen LogP contribution in [0.25, 0.3) is 0 Å².